The van der Waals surface area contributed by atoms with Crippen LogP contribution in [0, 0.1) is 6.92 Å². The molecule has 1 heterocycles. The van der Waals surface area contributed by atoms with Gasteiger partial charge in [0.1, 0.15) is 5.75 Å². The van der Waals surface area contributed by atoms with Crippen molar-refractivity contribution in [1.82, 2.24) is 5.32 Å². The molecule has 1 aromatic carbocycles. The van der Waals surface area contributed by atoms with E-state index in [2.05, 4.69) is 10.6 Å². The predicted octanol–water partition coefficient (Wildman–Crippen LogP) is 3.08. The van der Waals surface area contributed by atoms with Gasteiger partial charge in [-0.25, -0.2) is 4.79 Å². The molecule has 1 aliphatic rings. The number of amides is 2. The highest BCUT2D eigenvalue weighted by Crippen LogP contribution is 2.23. The molecule has 1 aromatic rings. The van der Waals surface area contributed by atoms with E-state index in [1.54, 1.807) is 0 Å². The van der Waals surface area contributed by atoms with Crippen molar-refractivity contribution in [2.45, 2.75) is 45.8 Å². The summed E-state index contributed by atoms with van der Waals surface area (Å²) in [6, 6.07) is 5.45. The van der Waals surface area contributed by atoms with Gasteiger partial charge in [-0.3, -0.25) is 0 Å². The molecule has 0 aromatic heterocycles. The van der Waals surface area contributed by atoms with Gasteiger partial charge in [-0.05, 0) is 57.9 Å². The van der Waals surface area contributed by atoms with E-state index in [1.807, 2.05) is 45.9 Å². The summed E-state index contributed by atoms with van der Waals surface area (Å²) in [7, 11) is 0. The Hall–Kier alpha value is -1.75. The Morgan fingerprint density at radius 3 is 2.76 bits per heavy atom. The number of carbonyl (C=O) groups excluding carboxylic acids is 1. The number of urea groups is 1. The Labute approximate surface area is 126 Å². The van der Waals surface area contributed by atoms with Gasteiger partial charge in [0.05, 0.1) is 18.2 Å². The monoisotopic (exact) mass is 292 g/mol. The Bertz CT molecular complexity index is 508. The molecule has 1 atom stereocenters. The molecule has 0 radical (unpaired) electrons. The lowest BCUT2D eigenvalue weighted by molar-refractivity contribution is 0.172. The van der Waals surface area contributed by atoms with Gasteiger partial charge in [-0.2, -0.15) is 0 Å². The highest BCUT2D eigenvalue weighted by Gasteiger charge is 2.31. The fourth-order valence-corrected chi connectivity index (χ4v) is 2.32. The van der Waals surface area contributed by atoms with Crippen molar-refractivity contribution in [1.29, 1.82) is 0 Å². The second kappa shape index (κ2) is 6.35. The highest BCUT2D eigenvalue weighted by molar-refractivity contribution is 5.90. The molecule has 0 aliphatic carbocycles. The van der Waals surface area contributed by atoms with Crippen LogP contribution in [0.5, 0.6) is 5.75 Å². The molecule has 0 unspecified atom stereocenters. The summed E-state index contributed by atoms with van der Waals surface area (Å²) in [4.78, 5) is 12.1. The molecule has 116 valence electrons. The lowest BCUT2D eigenvalue weighted by atomic mass is 10.0. The molecular weight excluding hydrogens is 268 g/mol. The smallest absolute Gasteiger partial charge is 0.319 e. The van der Waals surface area contributed by atoms with Crippen LogP contribution < -0.4 is 15.4 Å². The van der Waals surface area contributed by atoms with E-state index in [4.69, 9.17) is 9.47 Å². The Morgan fingerprint density at radius 1 is 1.43 bits per heavy atom. The van der Waals surface area contributed by atoms with Gasteiger partial charge in [0.25, 0.3) is 0 Å². The molecule has 1 saturated heterocycles. The minimum absolute atomic E-state index is 0.133. The number of hydrogen-bond acceptors (Lipinski definition) is 3. The van der Waals surface area contributed by atoms with Crippen molar-refractivity contribution < 1.29 is 14.3 Å². The maximum atomic E-state index is 12.1. The van der Waals surface area contributed by atoms with Crippen molar-refractivity contribution >= 4 is 11.7 Å². The van der Waals surface area contributed by atoms with Crippen molar-refractivity contribution in [3.63, 3.8) is 0 Å². The molecule has 0 saturated carbocycles. The number of aryl methyl sites for hydroxylation is 1. The molecule has 0 bridgehead atoms. The average Bonchev–Trinajstić information content (AvgIpc) is 2.78. The van der Waals surface area contributed by atoms with Gasteiger partial charge < -0.3 is 20.1 Å². The standard InChI is InChI=1S/C16H24N2O3/c1-11(2)21-13-5-6-14(12(3)9-13)17-15(19)18-16(4)7-8-20-10-16/h5-6,9,11H,7-8,10H2,1-4H3,(H2,17,18,19)/t16-/m0/s1. The molecule has 2 amide bonds. The molecule has 5 heteroatoms. The molecule has 2 rings (SSSR count). The van der Waals surface area contributed by atoms with Crippen LogP contribution in [0.15, 0.2) is 18.2 Å². The Balaban J connectivity index is 1.97. The van der Waals surface area contributed by atoms with Crippen LogP contribution in [-0.4, -0.2) is 30.9 Å². The molecule has 21 heavy (non-hydrogen) atoms. The third-order valence-corrected chi connectivity index (χ3v) is 3.45. The average molecular weight is 292 g/mol. The van der Waals surface area contributed by atoms with Crippen molar-refractivity contribution in [3.05, 3.63) is 23.8 Å². The van der Waals surface area contributed by atoms with Crippen molar-refractivity contribution in [3.8, 4) is 5.75 Å². The summed E-state index contributed by atoms with van der Waals surface area (Å²) in [5.74, 6) is 0.810. The second-order valence-electron chi connectivity index (χ2n) is 6.09. The minimum atomic E-state index is -0.279. The minimum Gasteiger partial charge on any atom is -0.491 e. The Morgan fingerprint density at radius 2 is 2.19 bits per heavy atom. The second-order valence-corrected chi connectivity index (χ2v) is 6.09. The molecule has 2 N–H and O–H groups in total. The first-order valence-electron chi connectivity index (χ1n) is 7.32. The van der Waals surface area contributed by atoms with Crippen LogP contribution in [0.25, 0.3) is 0 Å². The first-order chi connectivity index (χ1) is 9.88. The first kappa shape index (κ1) is 15.6. The van der Waals surface area contributed by atoms with Gasteiger partial charge >= 0.3 is 6.03 Å². The number of anilines is 1. The maximum Gasteiger partial charge on any atom is 0.319 e. The summed E-state index contributed by atoms with van der Waals surface area (Å²) in [5, 5.41) is 5.85. The number of carbonyl (C=O) groups is 1. The summed E-state index contributed by atoms with van der Waals surface area (Å²) >= 11 is 0. The SMILES string of the molecule is Cc1cc(OC(C)C)ccc1NC(=O)N[C@@]1(C)CCOC1. The van der Waals surface area contributed by atoms with E-state index in [0.717, 1.165) is 23.4 Å². The number of nitrogens with one attached hydrogen (secondary N) is 2. The van der Waals surface area contributed by atoms with E-state index >= 15 is 0 Å². The van der Waals surface area contributed by atoms with Gasteiger partial charge in [-0.1, -0.05) is 0 Å². The zero-order valence-electron chi connectivity index (χ0n) is 13.2. The lowest BCUT2D eigenvalue weighted by Gasteiger charge is -2.24. The van der Waals surface area contributed by atoms with Crippen molar-refractivity contribution in [2.75, 3.05) is 18.5 Å². The van der Waals surface area contributed by atoms with Crippen LogP contribution in [0.2, 0.25) is 0 Å². The normalized spacial score (nSPS) is 21.4. The Kier molecular flexibility index (Phi) is 4.73. The van der Waals surface area contributed by atoms with Crippen LogP contribution in [0.4, 0.5) is 10.5 Å². The van der Waals surface area contributed by atoms with Crippen LogP contribution in [-0.2, 0) is 4.74 Å². The van der Waals surface area contributed by atoms with E-state index < -0.39 is 0 Å². The summed E-state index contributed by atoms with van der Waals surface area (Å²) in [5.41, 5.74) is 1.47. The zero-order chi connectivity index (χ0) is 15.5. The van der Waals surface area contributed by atoms with E-state index in [9.17, 15) is 4.79 Å². The van der Waals surface area contributed by atoms with Crippen LogP contribution >= 0.6 is 0 Å². The molecule has 0 spiro atoms. The fourth-order valence-electron chi connectivity index (χ4n) is 2.32. The predicted molar refractivity (Wildman–Crippen MR) is 82.9 cm³/mol. The highest BCUT2D eigenvalue weighted by atomic mass is 16.5. The largest absolute Gasteiger partial charge is 0.491 e. The summed E-state index contributed by atoms with van der Waals surface area (Å²) in [6.45, 7) is 9.16. The molecular formula is C16H24N2O3. The van der Waals surface area contributed by atoms with E-state index in [1.165, 1.54) is 0 Å². The summed E-state index contributed by atoms with van der Waals surface area (Å²) < 4.78 is 11.0. The van der Waals surface area contributed by atoms with Crippen LogP contribution in [0.1, 0.15) is 32.8 Å². The number of ether oxygens (including phenoxy) is 2. The fraction of sp³-hybridized carbons (Fsp3) is 0.562. The summed E-state index contributed by atoms with van der Waals surface area (Å²) in [6.07, 6.45) is 0.967. The van der Waals surface area contributed by atoms with Gasteiger partial charge in [0, 0.05) is 12.3 Å². The zero-order valence-corrected chi connectivity index (χ0v) is 13.2. The van der Waals surface area contributed by atoms with E-state index in [-0.39, 0.29) is 17.7 Å². The number of rotatable bonds is 4. The molecule has 1 fully saturated rings. The van der Waals surface area contributed by atoms with Gasteiger partial charge in [0.15, 0.2) is 0 Å². The molecule has 5 nitrogen and oxygen atoms in total. The number of benzene rings is 1. The quantitative estimate of drug-likeness (QED) is 0.896. The van der Waals surface area contributed by atoms with E-state index in [0.29, 0.717) is 13.2 Å². The first-order valence-corrected chi connectivity index (χ1v) is 7.32. The topological polar surface area (TPSA) is 59.6 Å². The van der Waals surface area contributed by atoms with Crippen molar-refractivity contribution in [2.24, 2.45) is 0 Å². The number of hydrogen-bond donors (Lipinski definition) is 2. The van der Waals surface area contributed by atoms with Gasteiger partial charge in [-0.15, -0.1) is 0 Å². The maximum absolute atomic E-state index is 12.1. The van der Waals surface area contributed by atoms with Gasteiger partial charge in [0.2, 0.25) is 0 Å². The third kappa shape index (κ3) is 4.36. The lowest BCUT2D eigenvalue weighted by Crippen LogP contribution is -2.48. The van der Waals surface area contributed by atoms with Crippen LogP contribution in [0.3, 0.4) is 0 Å². The third-order valence-electron chi connectivity index (χ3n) is 3.45. The molecule has 1 aliphatic heterocycles.